The molecular weight excluding hydrogens is 166 g/mol. The fourth-order valence-electron chi connectivity index (χ4n) is 0.313. The molecule has 11 heavy (non-hydrogen) atoms. The average molecular weight is 176 g/mol. The molecule has 0 aliphatic rings. The number of nitrogens with zero attached hydrogens (tertiary/aromatic N) is 1. The molecule has 1 aromatic rings. The molecule has 0 radical (unpaired) electrons. The van der Waals surface area contributed by atoms with Crippen LogP contribution in [0, 0.1) is 0 Å². The van der Waals surface area contributed by atoms with E-state index in [1.54, 1.807) is 17.8 Å². The zero-order valence-corrected chi connectivity index (χ0v) is 6.62. The number of amides is 1. The van der Waals surface area contributed by atoms with Gasteiger partial charge in [0.25, 0.3) is 0 Å². The highest BCUT2D eigenvalue weighted by Gasteiger charge is 1.58. The number of halogens is 1. The molecule has 5 heteroatoms. The molecule has 0 saturated heterocycles. The number of rotatable bonds is 1. The molecule has 0 atom stereocenters. The van der Waals surface area contributed by atoms with E-state index in [1.807, 2.05) is 18.2 Å². The Morgan fingerprint density at radius 1 is 1.27 bits per heavy atom. The molecule has 0 saturated carbocycles. The Labute approximate surface area is 71.2 Å². The summed E-state index contributed by atoms with van der Waals surface area (Å²) in [7, 11) is 0. The molecule has 1 aromatic heterocycles. The van der Waals surface area contributed by atoms with Crippen LogP contribution < -0.4 is 11.3 Å². The molecule has 0 unspecified atom stereocenters. The molecule has 0 bridgehead atoms. The molecule has 1 amide bonds. The van der Waals surface area contributed by atoms with Crippen molar-refractivity contribution in [1.82, 2.24) is 10.4 Å². The van der Waals surface area contributed by atoms with Crippen molar-refractivity contribution in [3.63, 3.8) is 0 Å². The van der Waals surface area contributed by atoms with Crippen molar-refractivity contribution in [2.75, 3.05) is 0 Å². The van der Waals surface area contributed by atoms with Crippen LogP contribution >= 0.6 is 12.4 Å². The van der Waals surface area contributed by atoms with Gasteiger partial charge in [-0.1, -0.05) is 6.07 Å². The van der Waals surface area contributed by atoms with Gasteiger partial charge < -0.3 is 0 Å². The fraction of sp³-hybridized carbons (Fsp3) is 0. The van der Waals surface area contributed by atoms with E-state index in [9.17, 15) is 0 Å². The highest BCUT2D eigenvalue weighted by atomic mass is 35.5. The Hall–Kier alpha value is -1.13. The number of pyridine rings is 1. The Morgan fingerprint density at radius 2 is 1.73 bits per heavy atom. The van der Waals surface area contributed by atoms with Crippen LogP contribution in [-0.2, 0) is 4.79 Å². The second-order valence-electron chi connectivity index (χ2n) is 1.31. The van der Waals surface area contributed by atoms with Crippen molar-refractivity contribution < 1.29 is 4.79 Å². The number of carbonyl (C=O) groups excluding carboxylic acids is 1. The highest BCUT2D eigenvalue weighted by Crippen LogP contribution is 1.73. The van der Waals surface area contributed by atoms with Gasteiger partial charge in [-0.05, 0) is 12.1 Å². The maximum atomic E-state index is 8.94. The maximum Gasteiger partial charge on any atom is 0.221 e. The number of carbonyl (C=O) groups is 1. The molecule has 1 heterocycles. The average Bonchev–Trinajstić information content (AvgIpc) is 2.08. The molecule has 0 aliphatic heterocycles. The molecule has 62 valence electrons. The van der Waals surface area contributed by atoms with Crippen LogP contribution in [0.2, 0.25) is 0 Å². The summed E-state index contributed by atoms with van der Waals surface area (Å²) in [4.78, 5) is 12.7. The number of hydrazine groups is 1. The third kappa shape index (κ3) is 12.1. The van der Waals surface area contributed by atoms with Crippen LogP contribution in [-0.4, -0.2) is 11.4 Å². The first kappa shape index (κ1) is 12.5. The summed E-state index contributed by atoms with van der Waals surface area (Å²) in [5.74, 6) is 4.41. The van der Waals surface area contributed by atoms with Gasteiger partial charge in [0.05, 0.1) is 0 Å². The van der Waals surface area contributed by atoms with Gasteiger partial charge in [0, 0.05) is 12.4 Å². The summed E-state index contributed by atoms with van der Waals surface area (Å²) in [6.45, 7) is 0. The van der Waals surface area contributed by atoms with E-state index in [2.05, 4.69) is 10.8 Å². The minimum atomic E-state index is 0. The molecular formula is C6H10ClN3O. The van der Waals surface area contributed by atoms with E-state index in [1.165, 1.54) is 0 Å². The first-order valence-corrected chi connectivity index (χ1v) is 2.66. The highest BCUT2D eigenvalue weighted by molar-refractivity contribution is 5.85. The van der Waals surface area contributed by atoms with Gasteiger partial charge in [0.1, 0.15) is 0 Å². The number of hydrogen-bond donors (Lipinski definition) is 2. The summed E-state index contributed by atoms with van der Waals surface area (Å²) in [5, 5.41) is 0. The van der Waals surface area contributed by atoms with E-state index in [4.69, 9.17) is 4.79 Å². The van der Waals surface area contributed by atoms with Crippen LogP contribution in [0.15, 0.2) is 30.6 Å². The van der Waals surface area contributed by atoms with Gasteiger partial charge in [0.15, 0.2) is 0 Å². The van der Waals surface area contributed by atoms with Crippen molar-refractivity contribution in [2.24, 2.45) is 5.84 Å². The van der Waals surface area contributed by atoms with E-state index >= 15 is 0 Å². The lowest BCUT2D eigenvalue weighted by atomic mass is 10.5. The van der Waals surface area contributed by atoms with Crippen LogP contribution in [0.4, 0.5) is 0 Å². The normalized spacial score (nSPS) is 6.27. The lowest BCUT2D eigenvalue weighted by molar-refractivity contribution is -0.109. The molecule has 4 nitrogen and oxygen atoms in total. The van der Waals surface area contributed by atoms with Crippen molar-refractivity contribution in [3.05, 3.63) is 30.6 Å². The van der Waals surface area contributed by atoms with Crippen molar-refractivity contribution in [1.29, 1.82) is 0 Å². The fourth-order valence-corrected chi connectivity index (χ4v) is 0.313. The quantitative estimate of drug-likeness (QED) is 0.276. The largest absolute Gasteiger partial charge is 0.297 e. The van der Waals surface area contributed by atoms with Crippen LogP contribution in [0.1, 0.15) is 0 Å². The minimum absolute atomic E-state index is 0. The summed E-state index contributed by atoms with van der Waals surface area (Å²) in [6.07, 6.45) is 3.90. The van der Waals surface area contributed by atoms with Crippen molar-refractivity contribution in [3.8, 4) is 0 Å². The lowest BCUT2D eigenvalue weighted by Gasteiger charge is -1.70. The van der Waals surface area contributed by atoms with Gasteiger partial charge in [-0.15, -0.1) is 12.4 Å². The van der Waals surface area contributed by atoms with Crippen molar-refractivity contribution in [2.45, 2.75) is 0 Å². The third-order valence-corrected chi connectivity index (χ3v) is 0.635. The van der Waals surface area contributed by atoms with Crippen LogP contribution in [0.25, 0.3) is 0 Å². The van der Waals surface area contributed by atoms with Crippen LogP contribution in [0.3, 0.4) is 0 Å². The number of nitrogens with two attached hydrogens (primary N) is 1. The second-order valence-corrected chi connectivity index (χ2v) is 1.31. The summed E-state index contributed by atoms with van der Waals surface area (Å²) in [6, 6.07) is 5.72. The summed E-state index contributed by atoms with van der Waals surface area (Å²) in [5.41, 5.74) is 1.75. The monoisotopic (exact) mass is 175 g/mol. The van der Waals surface area contributed by atoms with Gasteiger partial charge in [-0.3, -0.25) is 15.2 Å². The van der Waals surface area contributed by atoms with Gasteiger partial charge >= 0.3 is 0 Å². The molecule has 0 aromatic carbocycles. The number of aromatic nitrogens is 1. The predicted molar refractivity (Wildman–Crippen MR) is 44.9 cm³/mol. The molecule has 1 rings (SSSR count). The molecule has 3 N–H and O–H groups in total. The summed E-state index contributed by atoms with van der Waals surface area (Å²) >= 11 is 0. The third-order valence-electron chi connectivity index (χ3n) is 0.635. The topological polar surface area (TPSA) is 68.0 Å². The maximum absolute atomic E-state index is 8.94. The Bertz CT molecular complexity index is 132. The Kier molecular flexibility index (Phi) is 13.3. The first-order valence-electron chi connectivity index (χ1n) is 2.66. The van der Waals surface area contributed by atoms with Gasteiger partial charge in [0.2, 0.25) is 6.41 Å². The first-order chi connectivity index (χ1) is 4.91. The number of hydrogen-bond acceptors (Lipinski definition) is 3. The van der Waals surface area contributed by atoms with Crippen LogP contribution in [0.5, 0.6) is 0 Å². The number of nitrogens with one attached hydrogen (secondary N) is 1. The van der Waals surface area contributed by atoms with Gasteiger partial charge in [-0.2, -0.15) is 0 Å². The zero-order valence-electron chi connectivity index (χ0n) is 5.81. The zero-order chi connectivity index (χ0) is 7.66. The summed E-state index contributed by atoms with van der Waals surface area (Å²) < 4.78 is 0. The van der Waals surface area contributed by atoms with E-state index in [-0.39, 0.29) is 12.4 Å². The van der Waals surface area contributed by atoms with E-state index in [0.717, 1.165) is 0 Å². The lowest BCUT2D eigenvalue weighted by Crippen LogP contribution is -2.18. The van der Waals surface area contributed by atoms with Gasteiger partial charge in [-0.25, -0.2) is 5.84 Å². The Balaban J connectivity index is 0. The second kappa shape index (κ2) is 11.6. The molecule has 0 aliphatic carbocycles. The minimum Gasteiger partial charge on any atom is -0.297 e. The van der Waals surface area contributed by atoms with E-state index < -0.39 is 0 Å². The molecule has 0 fully saturated rings. The Morgan fingerprint density at radius 3 is 1.82 bits per heavy atom. The standard InChI is InChI=1S/C5H5N.CH4N2O.ClH/c1-2-4-6-5-3-1;2-3-1-4;/h1-5H;1H,2H2,(H,3,4);1H. The predicted octanol–water partition coefficient (Wildman–Crippen LogP) is 0.109. The van der Waals surface area contributed by atoms with Crippen molar-refractivity contribution >= 4 is 18.8 Å². The van der Waals surface area contributed by atoms with E-state index in [0.29, 0.717) is 6.41 Å². The molecule has 0 spiro atoms. The smallest absolute Gasteiger partial charge is 0.221 e. The SMILES string of the molecule is Cl.NNC=O.c1ccncc1.